The Morgan fingerprint density at radius 3 is 2.55 bits per heavy atom. The zero-order chi connectivity index (χ0) is 26.8. The number of thiazole rings is 1. The molecule has 0 N–H and O–H groups in total. The Hall–Kier alpha value is -3.65. The van der Waals surface area contributed by atoms with Crippen molar-refractivity contribution in [1.29, 1.82) is 0 Å². The van der Waals surface area contributed by atoms with E-state index in [1.54, 1.807) is 11.5 Å². The molecule has 5 rings (SSSR count). The van der Waals surface area contributed by atoms with E-state index < -0.39 is 12.0 Å². The molecule has 7 nitrogen and oxygen atoms in total. The highest BCUT2D eigenvalue weighted by Crippen LogP contribution is 2.34. The Morgan fingerprint density at radius 1 is 1.13 bits per heavy atom. The Labute approximate surface area is 225 Å². The molecule has 0 aliphatic carbocycles. The third-order valence-corrected chi connectivity index (χ3v) is 7.66. The van der Waals surface area contributed by atoms with Gasteiger partial charge in [0, 0.05) is 0 Å². The van der Waals surface area contributed by atoms with Gasteiger partial charge >= 0.3 is 5.97 Å². The molecule has 0 spiro atoms. The first-order valence-electron chi connectivity index (χ1n) is 13.1. The number of ether oxygens (including phenoxy) is 3. The molecule has 0 unspecified atom stereocenters. The van der Waals surface area contributed by atoms with E-state index in [1.165, 1.54) is 16.9 Å². The molecule has 2 aromatic carbocycles. The van der Waals surface area contributed by atoms with Gasteiger partial charge in [-0.25, -0.2) is 9.79 Å². The first-order chi connectivity index (χ1) is 18.4. The van der Waals surface area contributed by atoms with E-state index in [1.807, 2.05) is 36.4 Å². The zero-order valence-electron chi connectivity index (χ0n) is 22.2. The van der Waals surface area contributed by atoms with E-state index in [2.05, 4.69) is 32.9 Å². The Kier molecular flexibility index (Phi) is 7.51. The molecule has 3 aromatic rings. The highest BCUT2D eigenvalue weighted by Gasteiger charge is 2.34. The number of allylic oxidation sites excluding steroid dienone is 1. The Morgan fingerprint density at radius 2 is 1.87 bits per heavy atom. The fourth-order valence-electron chi connectivity index (χ4n) is 4.80. The van der Waals surface area contributed by atoms with Crippen LogP contribution in [0.25, 0.3) is 6.08 Å². The van der Waals surface area contributed by atoms with Crippen LogP contribution in [0.4, 0.5) is 0 Å². The van der Waals surface area contributed by atoms with Gasteiger partial charge in [-0.15, -0.1) is 0 Å². The molecular weight excluding hydrogens is 500 g/mol. The number of nitrogens with zero attached hydrogens (tertiary/aromatic N) is 2. The van der Waals surface area contributed by atoms with Crippen molar-refractivity contribution in [3.8, 4) is 11.5 Å². The van der Waals surface area contributed by atoms with Gasteiger partial charge < -0.3 is 14.2 Å². The van der Waals surface area contributed by atoms with Crippen LogP contribution in [0.3, 0.4) is 0 Å². The van der Waals surface area contributed by atoms with Gasteiger partial charge in [0.15, 0.2) is 16.3 Å². The maximum atomic E-state index is 13.9. The Balaban J connectivity index is 1.69. The van der Waals surface area contributed by atoms with Gasteiger partial charge in [-0.2, -0.15) is 0 Å². The van der Waals surface area contributed by atoms with Crippen molar-refractivity contribution in [2.24, 2.45) is 4.99 Å². The van der Waals surface area contributed by atoms with E-state index in [9.17, 15) is 9.59 Å². The third kappa shape index (κ3) is 4.92. The summed E-state index contributed by atoms with van der Waals surface area (Å²) in [6.45, 7) is 9.37. The van der Waals surface area contributed by atoms with Crippen molar-refractivity contribution in [2.45, 2.75) is 52.5 Å². The topological polar surface area (TPSA) is 79.1 Å². The first kappa shape index (κ1) is 26.0. The standard InChI is InChI=1S/C30H32N2O5S/c1-5-7-22-26(29(34)35-6-2)27(21-11-9-20(10-12-21)18(3)4)32-28(33)25(38-30(32)31-22)17-19-8-13-23-24(16-19)37-15-14-36-23/h8-13,16-18,27H,5-7,14-15H2,1-4H3/b25-17-/t27-/m0/s1. The van der Waals surface area contributed by atoms with Gasteiger partial charge in [0.1, 0.15) is 13.2 Å². The van der Waals surface area contributed by atoms with E-state index >= 15 is 0 Å². The molecule has 198 valence electrons. The second-order valence-electron chi connectivity index (χ2n) is 9.64. The molecule has 0 radical (unpaired) electrons. The monoisotopic (exact) mass is 532 g/mol. The van der Waals surface area contributed by atoms with Gasteiger partial charge in [0.2, 0.25) is 0 Å². The second-order valence-corrected chi connectivity index (χ2v) is 10.6. The average molecular weight is 533 g/mol. The van der Waals surface area contributed by atoms with E-state index in [-0.39, 0.29) is 12.2 Å². The maximum Gasteiger partial charge on any atom is 0.338 e. The lowest BCUT2D eigenvalue weighted by molar-refractivity contribution is -0.139. The highest BCUT2D eigenvalue weighted by atomic mass is 32.1. The van der Waals surface area contributed by atoms with Crippen molar-refractivity contribution in [3.63, 3.8) is 0 Å². The quantitative estimate of drug-likeness (QED) is 0.420. The minimum absolute atomic E-state index is 0.195. The van der Waals surface area contributed by atoms with Crippen LogP contribution in [0.15, 0.2) is 63.5 Å². The smallest absolute Gasteiger partial charge is 0.338 e. The second kappa shape index (κ2) is 11.0. The van der Waals surface area contributed by atoms with Gasteiger partial charge in [0.05, 0.1) is 28.5 Å². The largest absolute Gasteiger partial charge is 0.486 e. The number of carbonyl (C=O) groups is 1. The molecule has 0 bridgehead atoms. The maximum absolute atomic E-state index is 13.9. The normalized spacial score (nSPS) is 16.9. The number of fused-ring (bicyclic) bond motifs is 2. The van der Waals surface area contributed by atoms with Crippen LogP contribution >= 0.6 is 11.3 Å². The van der Waals surface area contributed by atoms with Crippen LogP contribution in [0.2, 0.25) is 0 Å². The predicted octanol–water partition coefficient (Wildman–Crippen LogP) is 4.47. The van der Waals surface area contributed by atoms with E-state index in [0.29, 0.717) is 57.7 Å². The molecule has 0 saturated heterocycles. The van der Waals surface area contributed by atoms with Crippen molar-refractivity contribution >= 4 is 23.4 Å². The van der Waals surface area contributed by atoms with Crippen LogP contribution in [-0.2, 0) is 9.53 Å². The lowest BCUT2D eigenvalue weighted by Gasteiger charge is -2.26. The summed E-state index contributed by atoms with van der Waals surface area (Å²) in [5, 5.41) is 0. The fourth-order valence-corrected chi connectivity index (χ4v) is 5.82. The summed E-state index contributed by atoms with van der Waals surface area (Å²) in [6, 6.07) is 13.2. The molecule has 1 aromatic heterocycles. The van der Waals surface area contributed by atoms with Crippen molar-refractivity contribution in [3.05, 3.63) is 90.1 Å². The van der Waals surface area contributed by atoms with Crippen LogP contribution < -0.4 is 24.4 Å². The molecule has 0 fully saturated rings. The summed E-state index contributed by atoms with van der Waals surface area (Å²) in [5.41, 5.74) is 3.79. The van der Waals surface area contributed by atoms with E-state index in [0.717, 1.165) is 17.5 Å². The van der Waals surface area contributed by atoms with Crippen LogP contribution in [0.1, 0.15) is 69.2 Å². The Bertz CT molecular complexity index is 1560. The SMILES string of the molecule is CCCC1=C(C(=O)OCC)[C@H](c2ccc(C(C)C)cc2)n2c(s/c(=C\c3ccc4c(c3)OCCO4)c2=O)=N1. The van der Waals surface area contributed by atoms with Gasteiger partial charge in [0.25, 0.3) is 5.56 Å². The number of rotatable bonds is 7. The van der Waals surface area contributed by atoms with Gasteiger partial charge in [-0.1, -0.05) is 68.9 Å². The number of aromatic nitrogens is 1. The molecule has 2 aliphatic rings. The average Bonchev–Trinajstić information content (AvgIpc) is 3.22. The summed E-state index contributed by atoms with van der Waals surface area (Å²) in [5.74, 6) is 1.30. The summed E-state index contributed by atoms with van der Waals surface area (Å²) in [7, 11) is 0. The summed E-state index contributed by atoms with van der Waals surface area (Å²) >= 11 is 1.33. The summed E-state index contributed by atoms with van der Waals surface area (Å²) in [4.78, 5) is 32.6. The minimum atomic E-state index is -0.615. The molecule has 2 aliphatic heterocycles. The highest BCUT2D eigenvalue weighted by molar-refractivity contribution is 7.07. The number of hydrogen-bond donors (Lipinski definition) is 0. The predicted molar refractivity (Wildman–Crippen MR) is 148 cm³/mol. The minimum Gasteiger partial charge on any atom is -0.486 e. The lowest BCUT2D eigenvalue weighted by Crippen LogP contribution is -2.40. The van der Waals surface area contributed by atoms with Crippen LogP contribution in [-0.4, -0.2) is 30.4 Å². The number of hydrogen-bond acceptors (Lipinski definition) is 7. The number of carbonyl (C=O) groups excluding carboxylic acids is 1. The van der Waals surface area contributed by atoms with Gasteiger partial charge in [-0.05, 0) is 54.2 Å². The van der Waals surface area contributed by atoms with Crippen molar-refractivity contribution in [1.82, 2.24) is 4.57 Å². The number of benzene rings is 2. The summed E-state index contributed by atoms with van der Waals surface area (Å²) in [6.07, 6.45) is 3.27. The molecule has 38 heavy (non-hydrogen) atoms. The molecule has 0 saturated carbocycles. The van der Waals surface area contributed by atoms with Gasteiger partial charge in [-0.3, -0.25) is 9.36 Å². The molecule has 1 atom stereocenters. The van der Waals surface area contributed by atoms with Crippen molar-refractivity contribution < 1.29 is 19.0 Å². The molecule has 3 heterocycles. The number of esters is 1. The molecular formula is C30H32N2O5S. The third-order valence-electron chi connectivity index (χ3n) is 6.68. The lowest BCUT2D eigenvalue weighted by atomic mass is 9.92. The fraction of sp³-hybridized carbons (Fsp3) is 0.367. The summed E-state index contributed by atoms with van der Waals surface area (Å²) < 4.78 is 19.0. The first-order valence-corrected chi connectivity index (χ1v) is 13.9. The van der Waals surface area contributed by atoms with Crippen LogP contribution in [0, 0.1) is 0 Å². The van der Waals surface area contributed by atoms with Crippen molar-refractivity contribution in [2.75, 3.05) is 19.8 Å². The van der Waals surface area contributed by atoms with Crippen LogP contribution in [0.5, 0.6) is 11.5 Å². The zero-order valence-corrected chi connectivity index (χ0v) is 23.0. The molecule has 8 heteroatoms. The van der Waals surface area contributed by atoms with E-state index in [4.69, 9.17) is 19.2 Å². The molecule has 0 amide bonds.